The molecule has 1 aliphatic rings. The lowest BCUT2D eigenvalue weighted by Crippen LogP contribution is -2.51. The van der Waals surface area contributed by atoms with Crippen LogP contribution in [-0.2, 0) is 32.6 Å². The van der Waals surface area contributed by atoms with Crippen LogP contribution in [0.1, 0.15) is 53.7 Å². The third kappa shape index (κ3) is 6.59. The Balaban J connectivity index is 1.56. The summed E-state index contributed by atoms with van der Waals surface area (Å²) in [5, 5.41) is 2.96. The van der Waals surface area contributed by atoms with Crippen LogP contribution in [0.4, 0.5) is 0 Å². The summed E-state index contributed by atoms with van der Waals surface area (Å²) >= 11 is 0. The van der Waals surface area contributed by atoms with E-state index in [0.29, 0.717) is 6.42 Å². The van der Waals surface area contributed by atoms with Gasteiger partial charge in [0.25, 0.3) is 15.9 Å². The van der Waals surface area contributed by atoms with Gasteiger partial charge in [0, 0.05) is 32.0 Å². The molecule has 1 aliphatic heterocycles. The Bertz CT molecular complexity index is 1470. The van der Waals surface area contributed by atoms with E-state index < -0.39 is 22.0 Å². The number of carbonyl (C=O) groups is 3. The van der Waals surface area contributed by atoms with Gasteiger partial charge in [0.15, 0.2) is 0 Å². The highest BCUT2D eigenvalue weighted by Crippen LogP contribution is 2.30. The Morgan fingerprint density at radius 3 is 2.20 bits per heavy atom. The van der Waals surface area contributed by atoms with Gasteiger partial charge in [-0.1, -0.05) is 72.3 Å². The van der Waals surface area contributed by atoms with Crippen molar-refractivity contribution in [1.29, 1.82) is 0 Å². The third-order valence-electron chi connectivity index (χ3n) is 6.84. The molecule has 9 heteroatoms. The molecule has 3 amide bonds. The standard InChI is InChI=1S/C31H35N3O5S/c1-22(2)32-30(36)27(20-24-10-5-4-6-11-24)33(21-25-17-15-23(3)16-18-25)29(35)14-9-19-34-31(37)26-12-7-8-13-28(26)40(34,38)39/h4-8,10-13,15-18,22,27H,9,14,19-21H2,1-3H3,(H,32,36)/t27-/m0/s1. The molecule has 210 valence electrons. The zero-order valence-electron chi connectivity index (χ0n) is 23.0. The van der Waals surface area contributed by atoms with Crippen molar-refractivity contribution in [2.75, 3.05) is 6.54 Å². The number of amides is 3. The number of nitrogens with one attached hydrogen (secondary N) is 1. The maximum atomic E-state index is 13.8. The van der Waals surface area contributed by atoms with Crippen LogP contribution in [0, 0.1) is 6.92 Å². The van der Waals surface area contributed by atoms with Gasteiger partial charge in [0.1, 0.15) is 10.9 Å². The van der Waals surface area contributed by atoms with Crippen LogP contribution in [-0.4, -0.2) is 54.0 Å². The summed E-state index contributed by atoms with van der Waals surface area (Å²) in [7, 11) is -3.96. The molecule has 0 aliphatic carbocycles. The van der Waals surface area contributed by atoms with Crippen LogP contribution in [0.5, 0.6) is 0 Å². The smallest absolute Gasteiger partial charge is 0.269 e. The first-order chi connectivity index (χ1) is 19.1. The van der Waals surface area contributed by atoms with Gasteiger partial charge in [0.2, 0.25) is 11.8 Å². The molecule has 0 spiro atoms. The number of hydrogen-bond donors (Lipinski definition) is 1. The largest absolute Gasteiger partial charge is 0.352 e. The van der Waals surface area contributed by atoms with Gasteiger partial charge in [0.05, 0.1) is 5.56 Å². The number of benzene rings is 3. The minimum Gasteiger partial charge on any atom is -0.352 e. The predicted octanol–water partition coefficient (Wildman–Crippen LogP) is 4.08. The van der Waals surface area contributed by atoms with E-state index in [1.807, 2.05) is 75.4 Å². The van der Waals surface area contributed by atoms with E-state index >= 15 is 0 Å². The van der Waals surface area contributed by atoms with Gasteiger partial charge in [-0.25, -0.2) is 12.7 Å². The Morgan fingerprint density at radius 2 is 1.55 bits per heavy atom. The Labute approximate surface area is 236 Å². The van der Waals surface area contributed by atoms with Gasteiger partial charge < -0.3 is 10.2 Å². The molecular weight excluding hydrogens is 526 g/mol. The maximum absolute atomic E-state index is 13.8. The van der Waals surface area contributed by atoms with E-state index in [2.05, 4.69) is 5.32 Å². The number of sulfonamides is 1. The summed E-state index contributed by atoms with van der Waals surface area (Å²) in [5.74, 6) is -1.13. The maximum Gasteiger partial charge on any atom is 0.269 e. The summed E-state index contributed by atoms with van der Waals surface area (Å²) in [6, 6.07) is 22.5. The minimum atomic E-state index is -3.96. The van der Waals surface area contributed by atoms with Crippen LogP contribution in [0.15, 0.2) is 83.8 Å². The quantitative estimate of drug-likeness (QED) is 0.380. The van der Waals surface area contributed by atoms with E-state index in [0.717, 1.165) is 21.0 Å². The molecule has 3 aromatic rings. The number of rotatable bonds is 11. The van der Waals surface area contributed by atoms with Crippen molar-refractivity contribution in [3.63, 3.8) is 0 Å². The van der Waals surface area contributed by atoms with Crippen LogP contribution in [0.25, 0.3) is 0 Å². The van der Waals surface area contributed by atoms with E-state index in [4.69, 9.17) is 0 Å². The molecule has 4 rings (SSSR count). The summed E-state index contributed by atoms with van der Waals surface area (Å²) in [6.45, 7) is 5.81. The Hall–Kier alpha value is -3.98. The molecule has 0 unspecified atom stereocenters. The lowest BCUT2D eigenvalue weighted by atomic mass is 10.0. The highest BCUT2D eigenvalue weighted by Gasteiger charge is 2.40. The van der Waals surface area contributed by atoms with E-state index in [1.54, 1.807) is 17.0 Å². The van der Waals surface area contributed by atoms with Gasteiger partial charge in [-0.15, -0.1) is 0 Å². The third-order valence-corrected chi connectivity index (χ3v) is 8.68. The molecule has 0 bridgehead atoms. The first kappa shape index (κ1) is 29.0. The van der Waals surface area contributed by atoms with Crippen molar-refractivity contribution < 1.29 is 22.8 Å². The molecule has 0 saturated carbocycles. The van der Waals surface area contributed by atoms with E-state index in [1.165, 1.54) is 12.1 Å². The van der Waals surface area contributed by atoms with Gasteiger partial charge in [-0.3, -0.25) is 14.4 Å². The van der Waals surface area contributed by atoms with Crippen LogP contribution in [0.2, 0.25) is 0 Å². The van der Waals surface area contributed by atoms with Gasteiger partial charge in [-0.2, -0.15) is 0 Å². The second kappa shape index (κ2) is 12.5. The van der Waals surface area contributed by atoms with E-state index in [9.17, 15) is 22.8 Å². The molecular formula is C31H35N3O5S. The predicted molar refractivity (Wildman–Crippen MR) is 153 cm³/mol. The van der Waals surface area contributed by atoms with Crippen molar-refractivity contribution >= 4 is 27.7 Å². The van der Waals surface area contributed by atoms with Crippen LogP contribution in [0.3, 0.4) is 0 Å². The molecule has 0 radical (unpaired) electrons. The van der Waals surface area contributed by atoms with Crippen molar-refractivity contribution in [3.05, 3.63) is 101 Å². The fourth-order valence-corrected chi connectivity index (χ4v) is 6.40. The first-order valence-electron chi connectivity index (χ1n) is 13.4. The zero-order chi connectivity index (χ0) is 28.9. The lowest BCUT2D eigenvalue weighted by molar-refractivity contribution is -0.141. The molecule has 0 aromatic heterocycles. The summed E-state index contributed by atoms with van der Waals surface area (Å²) < 4.78 is 26.7. The minimum absolute atomic E-state index is 0.0133. The zero-order valence-corrected chi connectivity index (χ0v) is 23.9. The summed E-state index contributed by atoms with van der Waals surface area (Å²) in [4.78, 5) is 41.6. The molecule has 0 saturated heterocycles. The average molecular weight is 562 g/mol. The van der Waals surface area contributed by atoms with Crippen molar-refractivity contribution in [2.45, 2.75) is 63.6 Å². The topological polar surface area (TPSA) is 104 Å². The van der Waals surface area contributed by atoms with Crippen molar-refractivity contribution in [3.8, 4) is 0 Å². The molecule has 3 aromatic carbocycles. The number of fused-ring (bicyclic) bond motifs is 1. The summed E-state index contributed by atoms with van der Waals surface area (Å²) in [5.41, 5.74) is 3.02. The molecule has 40 heavy (non-hydrogen) atoms. The second-order valence-electron chi connectivity index (χ2n) is 10.4. The van der Waals surface area contributed by atoms with Crippen LogP contribution < -0.4 is 5.32 Å². The Kier molecular flexibility index (Phi) is 9.04. The number of nitrogens with zero attached hydrogens (tertiary/aromatic N) is 2. The second-order valence-corrected chi connectivity index (χ2v) is 12.2. The summed E-state index contributed by atoms with van der Waals surface area (Å²) in [6.07, 6.45) is 0.430. The van der Waals surface area contributed by atoms with E-state index in [-0.39, 0.29) is 54.2 Å². The SMILES string of the molecule is Cc1ccc(CN(C(=O)CCCN2C(=O)c3ccccc3S2(=O)=O)[C@@H](Cc2ccccc2)C(=O)NC(C)C)cc1. The van der Waals surface area contributed by atoms with Crippen molar-refractivity contribution in [1.82, 2.24) is 14.5 Å². The number of hydrogen-bond acceptors (Lipinski definition) is 5. The van der Waals surface area contributed by atoms with Gasteiger partial charge in [-0.05, 0) is 50.5 Å². The molecule has 8 nitrogen and oxygen atoms in total. The average Bonchev–Trinajstić information content (AvgIpc) is 3.12. The lowest BCUT2D eigenvalue weighted by Gasteiger charge is -2.32. The monoisotopic (exact) mass is 561 g/mol. The molecule has 1 heterocycles. The molecule has 0 fully saturated rings. The van der Waals surface area contributed by atoms with Gasteiger partial charge >= 0.3 is 0 Å². The highest BCUT2D eigenvalue weighted by molar-refractivity contribution is 7.90. The number of aryl methyl sites for hydroxylation is 1. The Morgan fingerprint density at radius 1 is 0.900 bits per heavy atom. The normalized spacial score (nSPS) is 14.6. The molecule has 1 N–H and O–H groups in total. The van der Waals surface area contributed by atoms with Crippen molar-refractivity contribution in [2.24, 2.45) is 0 Å². The fourth-order valence-electron chi connectivity index (χ4n) is 4.79. The fraction of sp³-hybridized carbons (Fsp3) is 0.323. The molecule has 1 atom stereocenters. The highest BCUT2D eigenvalue weighted by atomic mass is 32.2. The first-order valence-corrected chi connectivity index (χ1v) is 14.9. The van der Waals surface area contributed by atoms with Crippen LogP contribution >= 0.6 is 0 Å². The number of carbonyl (C=O) groups excluding carboxylic acids is 3.